The van der Waals surface area contributed by atoms with Crippen molar-refractivity contribution < 1.29 is 29.4 Å². The third kappa shape index (κ3) is 4.69. The summed E-state index contributed by atoms with van der Waals surface area (Å²) in [6.07, 6.45) is 0.466. The third-order valence-corrected chi connectivity index (χ3v) is 3.49. The minimum Gasteiger partial charge on any atom is -0.481 e. The van der Waals surface area contributed by atoms with Crippen LogP contribution in [-0.2, 0) is 19.2 Å². The Hall–Kier alpha value is -2.16. The van der Waals surface area contributed by atoms with Gasteiger partial charge in [-0.2, -0.15) is 0 Å². The van der Waals surface area contributed by atoms with Gasteiger partial charge in [-0.05, 0) is 26.2 Å². The van der Waals surface area contributed by atoms with E-state index in [0.29, 0.717) is 19.4 Å². The molecule has 0 saturated carbocycles. The summed E-state index contributed by atoms with van der Waals surface area (Å²) in [6.45, 7) is 1.91. The minimum absolute atomic E-state index is 0.218. The van der Waals surface area contributed by atoms with Crippen LogP contribution >= 0.6 is 0 Å². The zero-order valence-corrected chi connectivity index (χ0v) is 12.3. The molecule has 1 rings (SSSR count). The standard InChI is InChI=1S/C13H21N3O6/c1-7(14)12(20)16-6-2-3-9(16)11(19)15-8(13(21)22)4-5-10(17)18/h7-9H,2-6,14H2,1H3,(H,15,19)(H,17,18)(H,21,22). The second-order valence-corrected chi connectivity index (χ2v) is 5.31. The first-order valence-corrected chi connectivity index (χ1v) is 7.05. The summed E-state index contributed by atoms with van der Waals surface area (Å²) in [5, 5.41) is 19.9. The Morgan fingerprint density at radius 3 is 2.45 bits per heavy atom. The van der Waals surface area contributed by atoms with E-state index in [2.05, 4.69) is 5.32 Å². The van der Waals surface area contributed by atoms with Gasteiger partial charge < -0.3 is 26.2 Å². The summed E-state index contributed by atoms with van der Waals surface area (Å²) >= 11 is 0. The molecule has 0 radical (unpaired) electrons. The molecule has 1 saturated heterocycles. The number of carboxylic acids is 2. The lowest BCUT2D eigenvalue weighted by Crippen LogP contribution is -2.53. The smallest absolute Gasteiger partial charge is 0.326 e. The summed E-state index contributed by atoms with van der Waals surface area (Å²) in [7, 11) is 0. The molecule has 3 atom stereocenters. The molecule has 1 aliphatic heterocycles. The first kappa shape index (κ1) is 17.9. The number of carbonyl (C=O) groups is 4. The van der Waals surface area contributed by atoms with Crippen LogP contribution in [0.3, 0.4) is 0 Å². The number of nitrogens with two attached hydrogens (primary N) is 1. The van der Waals surface area contributed by atoms with Gasteiger partial charge in [0.05, 0.1) is 6.04 Å². The van der Waals surface area contributed by atoms with Gasteiger partial charge in [-0.25, -0.2) is 4.79 Å². The SMILES string of the molecule is CC(N)C(=O)N1CCCC1C(=O)NC(CCC(=O)O)C(=O)O. The Kier molecular flexibility index (Phi) is 6.29. The van der Waals surface area contributed by atoms with Gasteiger partial charge in [0.15, 0.2) is 0 Å². The third-order valence-electron chi connectivity index (χ3n) is 3.49. The summed E-state index contributed by atoms with van der Waals surface area (Å²) in [5.74, 6) is -3.41. The van der Waals surface area contributed by atoms with Crippen molar-refractivity contribution in [1.29, 1.82) is 0 Å². The molecule has 5 N–H and O–H groups in total. The number of rotatable bonds is 7. The molecule has 0 aliphatic carbocycles. The first-order chi connectivity index (χ1) is 10.2. The molecule has 22 heavy (non-hydrogen) atoms. The lowest BCUT2D eigenvalue weighted by Gasteiger charge is -2.26. The van der Waals surface area contributed by atoms with E-state index in [0.717, 1.165) is 0 Å². The highest BCUT2D eigenvalue weighted by molar-refractivity contribution is 5.92. The van der Waals surface area contributed by atoms with E-state index < -0.39 is 36.0 Å². The van der Waals surface area contributed by atoms with E-state index >= 15 is 0 Å². The summed E-state index contributed by atoms with van der Waals surface area (Å²) in [4.78, 5) is 47.0. The van der Waals surface area contributed by atoms with E-state index in [-0.39, 0.29) is 18.7 Å². The van der Waals surface area contributed by atoms with E-state index in [4.69, 9.17) is 15.9 Å². The zero-order valence-electron chi connectivity index (χ0n) is 12.3. The highest BCUT2D eigenvalue weighted by Gasteiger charge is 2.36. The quantitative estimate of drug-likeness (QED) is 0.459. The fourth-order valence-electron chi connectivity index (χ4n) is 2.36. The minimum atomic E-state index is -1.31. The van der Waals surface area contributed by atoms with Crippen LogP contribution in [0.25, 0.3) is 0 Å². The monoisotopic (exact) mass is 315 g/mol. The maximum absolute atomic E-state index is 12.2. The lowest BCUT2D eigenvalue weighted by molar-refractivity contribution is -0.144. The van der Waals surface area contributed by atoms with Gasteiger partial charge >= 0.3 is 11.9 Å². The average molecular weight is 315 g/mol. The summed E-state index contributed by atoms with van der Waals surface area (Å²) < 4.78 is 0. The fourth-order valence-corrected chi connectivity index (χ4v) is 2.36. The van der Waals surface area contributed by atoms with Gasteiger partial charge in [-0.3, -0.25) is 14.4 Å². The molecule has 1 fully saturated rings. The number of carboxylic acid groups (broad SMARTS) is 2. The predicted octanol–water partition coefficient (Wildman–Crippen LogP) is -1.24. The molecule has 1 heterocycles. The Balaban J connectivity index is 2.70. The number of aliphatic carboxylic acids is 2. The highest BCUT2D eigenvalue weighted by atomic mass is 16.4. The fraction of sp³-hybridized carbons (Fsp3) is 0.692. The second-order valence-electron chi connectivity index (χ2n) is 5.31. The van der Waals surface area contributed by atoms with Crippen LogP contribution in [0, 0.1) is 0 Å². The molecule has 0 spiro atoms. The van der Waals surface area contributed by atoms with Crippen LogP contribution in [0.4, 0.5) is 0 Å². The van der Waals surface area contributed by atoms with Crippen LogP contribution < -0.4 is 11.1 Å². The molecule has 0 aromatic rings. The maximum atomic E-state index is 12.2. The molecule has 0 bridgehead atoms. The van der Waals surface area contributed by atoms with Gasteiger partial charge in [0.2, 0.25) is 11.8 Å². The van der Waals surface area contributed by atoms with Gasteiger partial charge in [0, 0.05) is 13.0 Å². The summed E-state index contributed by atoms with van der Waals surface area (Å²) in [6, 6.07) is -2.79. The Bertz CT molecular complexity index is 465. The molecule has 124 valence electrons. The Labute approximate surface area is 127 Å². The topological polar surface area (TPSA) is 150 Å². The molecule has 0 aromatic heterocycles. The van der Waals surface area contributed by atoms with E-state index in [9.17, 15) is 19.2 Å². The van der Waals surface area contributed by atoms with Crippen LogP contribution in [0.15, 0.2) is 0 Å². The van der Waals surface area contributed by atoms with Gasteiger partial charge in [0.25, 0.3) is 0 Å². The van der Waals surface area contributed by atoms with Crippen LogP contribution in [0.5, 0.6) is 0 Å². The number of nitrogens with one attached hydrogen (secondary N) is 1. The van der Waals surface area contributed by atoms with Crippen molar-refractivity contribution in [3.63, 3.8) is 0 Å². The van der Waals surface area contributed by atoms with Gasteiger partial charge in [-0.15, -0.1) is 0 Å². The van der Waals surface area contributed by atoms with Crippen molar-refractivity contribution in [2.75, 3.05) is 6.54 Å². The number of hydrogen-bond acceptors (Lipinski definition) is 5. The van der Waals surface area contributed by atoms with Gasteiger partial charge in [-0.1, -0.05) is 0 Å². The largest absolute Gasteiger partial charge is 0.481 e. The number of likely N-dealkylation sites (tertiary alicyclic amines) is 1. The zero-order chi connectivity index (χ0) is 16.9. The van der Waals surface area contributed by atoms with Crippen LogP contribution in [-0.4, -0.2) is 63.5 Å². The van der Waals surface area contributed by atoms with Crippen molar-refractivity contribution >= 4 is 23.8 Å². The molecular weight excluding hydrogens is 294 g/mol. The maximum Gasteiger partial charge on any atom is 0.326 e. The van der Waals surface area contributed by atoms with E-state index in [1.807, 2.05) is 0 Å². The Morgan fingerprint density at radius 1 is 1.32 bits per heavy atom. The lowest BCUT2D eigenvalue weighted by atomic mass is 10.1. The molecular formula is C13H21N3O6. The Morgan fingerprint density at radius 2 is 1.95 bits per heavy atom. The molecule has 2 amide bonds. The first-order valence-electron chi connectivity index (χ1n) is 7.05. The average Bonchev–Trinajstić information content (AvgIpc) is 2.90. The van der Waals surface area contributed by atoms with E-state index in [1.54, 1.807) is 0 Å². The van der Waals surface area contributed by atoms with Crippen LogP contribution in [0.1, 0.15) is 32.6 Å². The molecule has 0 aromatic carbocycles. The molecule has 9 nitrogen and oxygen atoms in total. The molecule has 1 aliphatic rings. The highest BCUT2D eigenvalue weighted by Crippen LogP contribution is 2.18. The molecule has 9 heteroatoms. The molecule has 3 unspecified atom stereocenters. The predicted molar refractivity (Wildman–Crippen MR) is 74.8 cm³/mol. The normalized spacial score (nSPS) is 20.3. The van der Waals surface area contributed by atoms with Crippen molar-refractivity contribution in [3.8, 4) is 0 Å². The van der Waals surface area contributed by atoms with E-state index in [1.165, 1.54) is 11.8 Å². The van der Waals surface area contributed by atoms with Crippen molar-refractivity contribution in [1.82, 2.24) is 10.2 Å². The van der Waals surface area contributed by atoms with Crippen molar-refractivity contribution in [2.24, 2.45) is 5.73 Å². The second kappa shape index (κ2) is 7.74. The number of amides is 2. The van der Waals surface area contributed by atoms with Crippen molar-refractivity contribution in [2.45, 2.75) is 50.7 Å². The van der Waals surface area contributed by atoms with Crippen LogP contribution in [0.2, 0.25) is 0 Å². The number of nitrogens with zero attached hydrogens (tertiary/aromatic N) is 1. The number of hydrogen-bond donors (Lipinski definition) is 4. The summed E-state index contributed by atoms with van der Waals surface area (Å²) in [5.41, 5.74) is 5.53. The van der Waals surface area contributed by atoms with Gasteiger partial charge in [0.1, 0.15) is 12.1 Å². The van der Waals surface area contributed by atoms with Crippen molar-refractivity contribution in [3.05, 3.63) is 0 Å². The number of carbonyl (C=O) groups excluding carboxylic acids is 2.